The van der Waals surface area contributed by atoms with Crippen LogP contribution in [0, 0.1) is 6.92 Å². The van der Waals surface area contributed by atoms with E-state index in [1.165, 1.54) is 34.3 Å². The van der Waals surface area contributed by atoms with E-state index in [4.69, 9.17) is 18.9 Å². The molecule has 0 saturated heterocycles. The molecule has 0 spiro atoms. The van der Waals surface area contributed by atoms with E-state index < -0.39 is 11.9 Å². The molecule has 0 saturated carbocycles. The Hall–Kier alpha value is -3.48. The largest absolute Gasteiger partial charge is 0.507 e. The molecule has 1 N–H and O–H groups in total. The monoisotopic (exact) mass is 384 g/mol. The Morgan fingerprint density at radius 2 is 1.61 bits per heavy atom. The van der Waals surface area contributed by atoms with Crippen molar-refractivity contribution in [1.29, 1.82) is 0 Å². The molecular weight excluding hydrogens is 364 g/mol. The number of hydrogen-bond acceptors (Lipinski definition) is 7. The molecule has 0 heterocycles. The van der Waals surface area contributed by atoms with Gasteiger partial charge in [0.15, 0.2) is 5.75 Å². The number of phenolic OH excluding ortho intramolecular Hbond substituents is 1. The highest BCUT2D eigenvalue weighted by Crippen LogP contribution is 2.46. The minimum atomic E-state index is -0.691. The number of phenols is 1. The molecule has 7 heteroatoms. The van der Waals surface area contributed by atoms with Gasteiger partial charge in [-0.2, -0.15) is 0 Å². The number of methoxy groups -OCH3 is 3. The third kappa shape index (κ3) is 2.94. The third-order valence-corrected chi connectivity index (χ3v) is 4.58. The molecule has 0 bridgehead atoms. The van der Waals surface area contributed by atoms with Crippen molar-refractivity contribution in [2.24, 2.45) is 0 Å². The summed E-state index contributed by atoms with van der Waals surface area (Å²) in [5, 5.41) is 12.6. The van der Waals surface area contributed by atoms with Gasteiger partial charge in [0.05, 0.1) is 26.7 Å². The number of aromatic hydroxyl groups is 1. The SMILES string of the molecule is COC(=O)c1c(O)cc2cc3c(OC)ccc(OC)c3c(OC(C)=O)c2c1C. The number of rotatable bonds is 4. The maximum atomic E-state index is 12.2. The van der Waals surface area contributed by atoms with Gasteiger partial charge in [0, 0.05) is 17.7 Å². The standard InChI is InChI=1S/C21H20O7/c1-10-17-12(9-14(23)18(10)21(24)27-5)8-13-15(25-3)6-7-16(26-4)19(13)20(17)28-11(2)22/h6-9,23H,1-5H3. The minimum absolute atomic E-state index is 0.00427. The minimum Gasteiger partial charge on any atom is -0.507 e. The second-order valence-electron chi connectivity index (χ2n) is 6.18. The molecule has 0 aliphatic heterocycles. The number of carbonyl (C=O) groups excluding carboxylic acids is 2. The van der Waals surface area contributed by atoms with Crippen LogP contribution in [-0.4, -0.2) is 38.4 Å². The van der Waals surface area contributed by atoms with Crippen LogP contribution in [-0.2, 0) is 9.53 Å². The first kappa shape index (κ1) is 19.3. The van der Waals surface area contributed by atoms with Crippen molar-refractivity contribution in [2.45, 2.75) is 13.8 Å². The van der Waals surface area contributed by atoms with Crippen molar-refractivity contribution in [3.8, 4) is 23.0 Å². The van der Waals surface area contributed by atoms with Crippen LogP contribution in [0.5, 0.6) is 23.0 Å². The van der Waals surface area contributed by atoms with Gasteiger partial charge in [-0.25, -0.2) is 4.79 Å². The fourth-order valence-electron chi connectivity index (χ4n) is 3.43. The summed E-state index contributed by atoms with van der Waals surface area (Å²) in [5.41, 5.74) is 0.425. The highest BCUT2D eigenvalue weighted by Gasteiger charge is 2.24. The Kier molecular flexibility index (Phi) is 5.00. The number of benzene rings is 3. The fraction of sp³-hybridized carbons (Fsp3) is 0.238. The average molecular weight is 384 g/mol. The normalized spacial score (nSPS) is 10.8. The van der Waals surface area contributed by atoms with Crippen LogP contribution < -0.4 is 14.2 Å². The van der Waals surface area contributed by atoms with Crippen LogP contribution in [0.1, 0.15) is 22.8 Å². The Morgan fingerprint density at radius 3 is 2.18 bits per heavy atom. The second kappa shape index (κ2) is 7.26. The molecule has 0 aliphatic rings. The lowest BCUT2D eigenvalue weighted by Crippen LogP contribution is -2.08. The van der Waals surface area contributed by atoms with E-state index in [2.05, 4.69) is 0 Å². The fourth-order valence-corrected chi connectivity index (χ4v) is 3.43. The van der Waals surface area contributed by atoms with Gasteiger partial charge >= 0.3 is 11.9 Å². The Bertz CT molecular complexity index is 1120. The number of ether oxygens (including phenoxy) is 4. The maximum Gasteiger partial charge on any atom is 0.341 e. The molecular formula is C21H20O7. The first-order valence-corrected chi connectivity index (χ1v) is 8.44. The van der Waals surface area contributed by atoms with E-state index in [0.717, 1.165) is 0 Å². The Labute approximate surface area is 161 Å². The van der Waals surface area contributed by atoms with E-state index in [1.807, 2.05) is 0 Å². The number of carbonyl (C=O) groups is 2. The van der Waals surface area contributed by atoms with Crippen LogP contribution in [0.2, 0.25) is 0 Å². The summed E-state index contributed by atoms with van der Waals surface area (Å²) >= 11 is 0. The molecule has 146 valence electrons. The van der Waals surface area contributed by atoms with Gasteiger partial charge in [0.2, 0.25) is 0 Å². The highest BCUT2D eigenvalue weighted by molar-refractivity contribution is 6.14. The number of fused-ring (bicyclic) bond motifs is 2. The van der Waals surface area contributed by atoms with Crippen LogP contribution in [0.4, 0.5) is 0 Å². The van der Waals surface area contributed by atoms with Crippen molar-refractivity contribution in [2.75, 3.05) is 21.3 Å². The first-order valence-electron chi connectivity index (χ1n) is 8.44. The van der Waals surface area contributed by atoms with Gasteiger partial charge in [-0.3, -0.25) is 4.79 Å². The lowest BCUT2D eigenvalue weighted by Gasteiger charge is -2.18. The zero-order chi connectivity index (χ0) is 20.6. The van der Waals surface area contributed by atoms with Gasteiger partial charge in [-0.1, -0.05) is 0 Å². The first-order chi connectivity index (χ1) is 13.3. The Morgan fingerprint density at radius 1 is 0.964 bits per heavy atom. The van der Waals surface area contributed by atoms with Crippen molar-refractivity contribution in [1.82, 2.24) is 0 Å². The van der Waals surface area contributed by atoms with E-state index >= 15 is 0 Å². The van der Waals surface area contributed by atoms with Crippen LogP contribution in [0.25, 0.3) is 21.5 Å². The van der Waals surface area contributed by atoms with E-state index in [-0.39, 0.29) is 17.1 Å². The highest BCUT2D eigenvalue weighted by atomic mass is 16.5. The predicted octanol–water partition coefficient (Wildman–Crippen LogP) is 3.74. The molecule has 3 rings (SSSR count). The molecule has 0 aromatic heterocycles. The molecule has 0 amide bonds. The maximum absolute atomic E-state index is 12.2. The molecule has 0 unspecified atom stereocenters. The van der Waals surface area contributed by atoms with Crippen LogP contribution in [0.15, 0.2) is 24.3 Å². The smallest absolute Gasteiger partial charge is 0.341 e. The molecule has 7 nitrogen and oxygen atoms in total. The predicted molar refractivity (Wildman–Crippen MR) is 104 cm³/mol. The zero-order valence-electron chi connectivity index (χ0n) is 16.2. The summed E-state index contributed by atoms with van der Waals surface area (Å²) < 4.78 is 21.3. The summed E-state index contributed by atoms with van der Waals surface area (Å²) in [4.78, 5) is 24.1. The van der Waals surface area contributed by atoms with Gasteiger partial charge in [-0.05, 0) is 42.1 Å². The van der Waals surface area contributed by atoms with E-state index in [1.54, 1.807) is 25.1 Å². The zero-order valence-corrected chi connectivity index (χ0v) is 16.2. The van der Waals surface area contributed by atoms with E-state index in [0.29, 0.717) is 38.6 Å². The molecule has 0 atom stereocenters. The summed E-state index contributed by atoms with van der Waals surface area (Å²) in [6.45, 7) is 2.94. The molecule has 28 heavy (non-hydrogen) atoms. The van der Waals surface area contributed by atoms with Crippen molar-refractivity contribution in [3.05, 3.63) is 35.4 Å². The molecule has 3 aromatic carbocycles. The summed E-state index contributed by atoms with van der Waals surface area (Å²) in [6.07, 6.45) is 0. The van der Waals surface area contributed by atoms with Crippen LogP contribution >= 0.6 is 0 Å². The van der Waals surface area contributed by atoms with Crippen molar-refractivity contribution in [3.63, 3.8) is 0 Å². The quantitative estimate of drug-likeness (QED) is 0.416. The number of esters is 2. The Balaban J connectivity index is 2.61. The molecule has 0 fully saturated rings. The average Bonchev–Trinajstić information content (AvgIpc) is 2.65. The van der Waals surface area contributed by atoms with E-state index in [9.17, 15) is 14.7 Å². The lowest BCUT2D eigenvalue weighted by molar-refractivity contribution is -0.131. The van der Waals surface area contributed by atoms with Crippen LogP contribution in [0.3, 0.4) is 0 Å². The molecule has 3 aromatic rings. The summed E-state index contributed by atoms with van der Waals surface area (Å²) in [5.74, 6) is -0.222. The summed E-state index contributed by atoms with van der Waals surface area (Å²) in [7, 11) is 4.26. The lowest BCUT2D eigenvalue weighted by atomic mass is 9.94. The number of hydrogen-bond donors (Lipinski definition) is 1. The number of aryl methyl sites for hydroxylation is 1. The van der Waals surface area contributed by atoms with Crippen molar-refractivity contribution >= 4 is 33.5 Å². The van der Waals surface area contributed by atoms with Gasteiger partial charge in [0.25, 0.3) is 0 Å². The van der Waals surface area contributed by atoms with Gasteiger partial charge in [-0.15, -0.1) is 0 Å². The third-order valence-electron chi connectivity index (χ3n) is 4.58. The molecule has 0 radical (unpaired) electrons. The van der Waals surface area contributed by atoms with Crippen molar-refractivity contribution < 1.29 is 33.6 Å². The van der Waals surface area contributed by atoms with Gasteiger partial charge < -0.3 is 24.1 Å². The van der Waals surface area contributed by atoms with Gasteiger partial charge in [0.1, 0.15) is 22.8 Å². The molecule has 0 aliphatic carbocycles. The summed E-state index contributed by atoms with van der Waals surface area (Å²) in [6, 6.07) is 6.66. The second-order valence-corrected chi connectivity index (χ2v) is 6.18. The topological polar surface area (TPSA) is 91.3 Å².